The van der Waals surface area contributed by atoms with Crippen LogP contribution in [-0.4, -0.2) is 23.3 Å². The predicted molar refractivity (Wildman–Crippen MR) is 118 cm³/mol. The van der Waals surface area contributed by atoms with Crippen molar-refractivity contribution in [3.8, 4) is 0 Å². The van der Waals surface area contributed by atoms with Gasteiger partial charge in [-0.25, -0.2) is 4.79 Å². The first-order chi connectivity index (χ1) is 14.1. The Morgan fingerprint density at radius 2 is 1.73 bits per heavy atom. The lowest BCUT2D eigenvalue weighted by atomic mass is 9.37. The smallest absolute Gasteiger partial charge is 0.338 e. The van der Waals surface area contributed by atoms with Crippen LogP contribution in [0.1, 0.15) is 89.4 Å². The van der Waals surface area contributed by atoms with Crippen LogP contribution in [0.5, 0.6) is 0 Å². The van der Waals surface area contributed by atoms with E-state index < -0.39 is 0 Å². The highest BCUT2D eigenvalue weighted by Gasteiger charge is 2.71. The molecule has 30 heavy (non-hydrogen) atoms. The summed E-state index contributed by atoms with van der Waals surface area (Å²) in [5, 5.41) is 11.1. The third-order valence-corrected chi connectivity index (χ3v) is 10.4. The summed E-state index contributed by atoms with van der Waals surface area (Å²) < 4.78 is 6.31. The highest BCUT2D eigenvalue weighted by atomic mass is 16.5. The Balaban J connectivity index is 1.55. The van der Waals surface area contributed by atoms with E-state index in [1.165, 1.54) is 25.7 Å². The van der Waals surface area contributed by atoms with Gasteiger partial charge in [-0.1, -0.05) is 52.3 Å². The minimum atomic E-state index is -0.284. The van der Waals surface area contributed by atoms with E-state index in [2.05, 4.69) is 27.7 Å². The lowest BCUT2D eigenvalue weighted by Crippen LogP contribution is -2.64. The Kier molecular flexibility index (Phi) is 4.50. The van der Waals surface area contributed by atoms with Crippen molar-refractivity contribution >= 4 is 5.97 Å². The van der Waals surface area contributed by atoms with Gasteiger partial charge in [0.05, 0.1) is 11.7 Å². The van der Waals surface area contributed by atoms with Crippen molar-refractivity contribution in [2.24, 2.45) is 33.5 Å². The largest absolute Gasteiger partial charge is 0.458 e. The third-order valence-electron chi connectivity index (χ3n) is 10.4. The molecule has 2 bridgehead atoms. The van der Waals surface area contributed by atoms with E-state index in [1.54, 1.807) is 0 Å². The number of carbonyl (C=O) groups is 1. The molecule has 4 aliphatic carbocycles. The molecule has 0 aliphatic heterocycles. The van der Waals surface area contributed by atoms with Crippen LogP contribution in [0.2, 0.25) is 0 Å². The molecule has 3 heteroatoms. The van der Waals surface area contributed by atoms with Gasteiger partial charge in [-0.15, -0.1) is 0 Å². The van der Waals surface area contributed by atoms with Crippen LogP contribution < -0.4 is 0 Å². The summed E-state index contributed by atoms with van der Waals surface area (Å²) in [4.78, 5) is 13.1. The number of esters is 1. The van der Waals surface area contributed by atoms with Crippen molar-refractivity contribution in [2.75, 3.05) is 0 Å². The molecule has 0 aromatic heterocycles. The van der Waals surface area contributed by atoms with E-state index >= 15 is 0 Å². The summed E-state index contributed by atoms with van der Waals surface area (Å²) in [6, 6.07) is 9.41. The molecule has 1 spiro atoms. The second-order valence-corrected chi connectivity index (χ2v) is 12.2. The summed E-state index contributed by atoms with van der Waals surface area (Å²) in [6.45, 7) is 9.74. The highest BCUT2D eigenvalue weighted by molar-refractivity contribution is 5.89. The van der Waals surface area contributed by atoms with Crippen molar-refractivity contribution in [1.29, 1.82) is 0 Å². The SMILES string of the molecule is CC1(C)CCC[C@@]2(C)[C@H]1C[C@@H](OC(=O)c1ccccc1)[C@@H]1C[C@H](O)[C@]3(C)CC[C@]12C3. The van der Waals surface area contributed by atoms with Crippen LogP contribution in [0.25, 0.3) is 0 Å². The number of hydrogen-bond acceptors (Lipinski definition) is 3. The molecule has 0 heterocycles. The first-order valence-corrected chi connectivity index (χ1v) is 12.1. The lowest BCUT2D eigenvalue weighted by Gasteiger charge is -2.68. The topological polar surface area (TPSA) is 46.5 Å². The molecule has 4 fully saturated rings. The van der Waals surface area contributed by atoms with Crippen LogP contribution in [-0.2, 0) is 4.74 Å². The molecule has 1 aromatic carbocycles. The third kappa shape index (κ3) is 2.70. The number of rotatable bonds is 2. The Morgan fingerprint density at radius 3 is 2.47 bits per heavy atom. The number of benzene rings is 1. The summed E-state index contributed by atoms with van der Waals surface area (Å²) in [5.74, 6) is 0.626. The average molecular weight is 411 g/mol. The van der Waals surface area contributed by atoms with Gasteiger partial charge < -0.3 is 9.84 Å². The van der Waals surface area contributed by atoms with Gasteiger partial charge in [0.2, 0.25) is 0 Å². The molecule has 0 radical (unpaired) electrons. The quantitative estimate of drug-likeness (QED) is 0.608. The Morgan fingerprint density at radius 1 is 1.00 bits per heavy atom. The van der Waals surface area contributed by atoms with Crippen LogP contribution >= 0.6 is 0 Å². The summed E-state index contributed by atoms with van der Waals surface area (Å²) in [7, 11) is 0. The van der Waals surface area contributed by atoms with Crippen molar-refractivity contribution < 1.29 is 14.6 Å². The van der Waals surface area contributed by atoms with E-state index in [4.69, 9.17) is 4.74 Å². The highest BCUT2D eigenvalue weighted by Crippen LogP contribution is 2.76. The molecule has 0 saturated heterocycles. The van der Waals surface area contributed by atoms with Gasteiger partial charge in [-0.2, -0.15) is 0 Å². The second-order valence-electron chi connectivity index (χ2n) is 12.2. The van der Waals surface area contributed by atoms with E-state index in [1.807, 2.05) is 30.3 Å². The summed E-state index contributed by atoms with van der Waals surface area (Å²) in [5.41, 5.74) is 1.38. The molecule has 7 atom stereocenters. The zero-order chi connectivity index (χ0) is 21.4. The van der Waals surface area contributed by atoms with Gasteiger partial charge in [-0.3, -0.25) is 0 Å². The number of aliphatic hydroxyl groups is 1. The zero-order valence-corrected chi connectivity index (χ0v) is 19.1. The lowest BCUT2D eigenvalue weighted by molar-refractivity contribution is -0.224. The first-order valence-electron chi connectivity index (χ1n) is 12.1. The van der Waals surface area contributed by atoms with E-state index in [-0.39, 0.29) is 45.8 Å². The Labute approximate surface area is 181 Å². The maximum Gasteiger partial charge on any atom is 0.338 e. The molecule has 4 aliphatic rings. The van der Waals surface area contributed by atoms with Gasteiger partial charge in [0, 0.05) is 5.92 Å². The standard InChI is InChI=1S/C27H38O3/c1-24(2)11-8-12-26(4)21(24)16-20(30-23(29)18-9-6-5-7-10-18)19-15-22(28)25(3)13-14-27(19,26)17-25/h5-7,9-10,19-22,28H,8,11-17H2,1-4H3/t19-,20+,21-,22-,25+,26-,27-/m0/s1. The van der Waals surface area contributed by atoms with Crippen molar-refractivity contribution in [3.63, 3.8) is 0 Å². The Hall–Kier alpha value is -1.35. The van der Waals surface area contributed by atoms with Crippen molar-refractivity contribution in [3.05, 3.63) is 35.9 Å². The van der Waals surface area contributed by atoms with Gasteiger partial charge in [0.15, 0.2) is 0 Å². The maximum absolute atomic E-state index is 13.1. The molecule has 0 amide bonds. The molecule has 5 rings (SSSR count). The Bertz CT molecular complexity index is 832. The fourth-order valence-corrected chi connectivity index (χ4v) is 8.78. The second kappa shape index (κ2) is 6.58. The van der Waals surface area contributed by atoms with Crippen molar-refractivity contribution in [1.82, 2.24) is 0 Å². The van der Waals surface area contributed by atoms with Crippen LogP contribution in [0.3, 0.4) is 0 Å². The normalized spacial score (nSPS) is 46.6. The minimum Gasteiger partial charge on any atom is -0.458 e. The average Bonchev–Trinajstić information content (AvgIpc) is 3.02. The van der Waals surface area contributed by atoms with Crippen LogP contribution in [0, 0.1) is 33.5 Å². The number of hydrogen-bond donors (Lipinski definition) is 1. The maximum atomic E-state index is 13.1. The molecule has 3 nitrogen and oxygen atoms in total. The predicted octanol–water partition coefficient (Wildman–Crippen LogP) is 6.01. The van der Waals surface area contributed by atoms with E-state index in [0.29, 0.717) is 11.5 Å². The number of fused-ring (bicyclic) bond motifs is 2. The summed E-state index contributed by atoms with van der Waals surface area (Å²) >= 11 is 0. The summed E-state index contributed by atoms with van der Waals surface area (Å²) in [6.07, 6.45) is 8.55. The van der Waals surface area contributed by atoms with Gasteiger partial charge >= 0.3 is 5.97 Å². The van der Waals surface area contributed by atoms with Gasteiger partial charge in [0.25, 0.3) is 0 Å². The van der Waals surface area contributed by atoms with E-state index in [0.717, 1.165) is 25.7 Å². The minimum absolute atomic E-state index is 0.0248. The van der Waals surface area contributed by atoms with Gasteiger partial charge in [0.1, 0.15) is 6.10 Å². The van der Waals surface area contributed by atoms with Crippen LogP contribution in [0.4, 0.5) is 0 Å². The number of carbonyl (C=O) groups excluding carboxylic acids is 1. The molecule has 1 N–H and O–H groups in total. The molecule has 4 saturated carbocycles. The molecule has 1 aromatic rings. The van der Waals surface area contributed by atoms with Crippen molar-refractivity contribution in [2.45, 2.75) is 91.3 Å². The molecular weight excluding hydrogens is 372 g/mol. The number of aliphatic hydroxyl groups excluding tert-OH is 1. The zero-order valence-electron chi connectivity index (χ0n) is 19.1. The molecular formula is C27H38O3. The molecule has 0 unspecified atom stereocenters. The fourth-order valence-electron chi connectivity index (χ4n) is 8.78. The van der Waals surface area contributed by atoms with Gasteiger partial charge in [-0.05, 0) is 84.7 Å². The monoisotopic (exact) mass is 410 g/mol. The first kappa shape index (κ1) is 20.5. The fraction of sp³-hybridized carbons (Fsp3) is 0.741. The number of ether oxygens (including phenoxy) is 1. The van der Waals surface area contributed by atoms with E-state index in [9.17, 15) is 9.90 Å². The molecule has 164 valence electrons. The van der Waals surface area contributed by atoms with Crippen LogP contribution in [0.15, 0.2) is 30.3 Å².